The van der Waals surface area contributed by atoms with Gasteiger partial charge in [0.15, 0.2) is 0 Å². The van der Waals surface area contributed by atoms with Crippen LogP contribution in [0, 0.1) is 20.8 Å². The smallest absolute Gasteiger partial charge is 0.264 e. The summed E-state index contributed by atoms with van der Waals surface area (Å²) in [5.74, 6) is -0.469. The second kappa shape index (κ2) is 13.5. The fourth-order valence-corrected chi connectivity index (χ4v) is 5.94. The van der Waals surface area contributed by atoms with Crippen LogP contribution >= 0.6 is 0 Å². The Morgan fingerprint density at radius 2 is 1.57 bits per heavy atom. The standard InChI is InChI=1S/C31H39N3O5S/c1-7-27(31(36)32-8-2)33(20-25-12-10-9-11-24(25)5)30(35)21-34(28-19-23(4)15-18-29(28)39-6)40(37,38)26-16-13-22(3)14-17-26/h9-19,27H,7-8,20-21H2,1-6H3,(H,32,36)/t27-/m1/s1. The van der Waals surface area contributed by atoms with E-state index in [0.29, 0.717) is 18.7 Å². The first-order valence-electron chi connectivity index (χ1n) is 13.4. The van der Waals surface area contributed by atoms with Gasteiger partial charge in [0.1, 0.15) is 18.3 Å². The van der Waals surface area contributed by atoms with Crippen LogP contribution in [0.3, 0.4) is 0 Å². The molecule has 9 heteroatoms. The number of carbonyl (C=O) groups excluding carboxylic acids is 2. The minimum absolute atomic E-state index is 0.0516. The summed E-state index contributed by atoms with van der Waals surface area (Å²) in [4.78, 5) is 28.8. The lowest BCUT2D eigenvalue weighted by molar-refractivity contribution is -0.140. The number of nitrogens with zero attached hydrogens (tertiary/aromatic N) is 2. The SMILES string of the molecule is CCNC(=O)[C@@H](CC)N(Cc1ccccc1C)C(=O)CN(c1cc(C)ccc1OC)S(=O)(=O)c1ccc(C)cc1. The molecule has 40 heavy (non-hydrogen) atoms. The highest BCUT2D eigenvalue weighted by Gasteiger charge is 2.34. The molecule has 2 amide bonds. The van der Waals surface area contributed by atoms with Gasteiger partial charge in [-0.1, -0.05) is 55.0 Å². The molecule has 0 aliphatic heterocycles. The van der Waals surface area contributed by atoms with Crippen molar-refractivity contribution >= 4 is 27.5 Å². The largest absolute Gasteiger partial charge is 0.495 e. The van der Waals surface area contributed by atoms with E-state index in [1.54, 1.807) is 24.3 Å². The third-order valence-corrected chi connectivity index (χ3v) is 8.60. The highest BCUT2D eigenvalue weighted by molar-refractivity contribution is 7.92. The van der Waals surface area contributed by atoms with Crippen molar-refractivity contribution in [1.29, 1.82) is 0 Å². The van der Waals surface area contributed by atoms with E-state index in [1.165, 1.54) is 24.1 Å². The Morgan fingerprint density at radius 1 is 0.925 bits per heavy atom. The molecule has 0 saturated carbocycles. The van der Waals surface area contributed by atoms with Gasteiger partial charge in [-0.25, -0.2) is 8.42 Å². The number of nitrogens with one attached hydrogen (secondary N) is 1. The van der Waals surface area contributed by atoms with Crippen molar-refractivity contribution in [3.8, 4) is 5.75 Å². The third kappa shape index (κ3) is 7.01. The van der Waals surface area contributed by atoms with E-state index in [1.807, 2.05) is 65.0 Å². The topological polar surface area (TPSA) is 96.0 Å². The number of amides is 2. The maximum atomic E-state index is 14.2. The maximum Gasteiger partial charge on any atom is 0.264 e. The number of rotatable bonds is 12. The molecule has 0 unspecified atom stereocenters. The molecule has 0 aromatic heterocycles. The van der Waals surface area contributed by atoms with Crippen LogP contribution in [0.1, 0.15) is 42.5 Å². The monoisotopic (exact) mass is 565 g/mol. The molecule has 214 valence electrons. The highest BCUT2D eigenvalue weighted by atomic mass is 32.2. The van der Waals surface area contributed by atoms with Crippen LogP contribution in [0.25, 0.3) is 0 Å². The van der Waals surface area contributed by atoms with E-state index in [9.17, 15) is 18.0 Å². The summed E-state index contributed by atoms with van der Waals surface area (Å²) >= 11 is 0. The first-order valence-corrected chi connectivity index (χ1v) is 14.8. The lowest BCUT2D eigenvalue weighted by Gasteiger charge is -2.33. The van der Waals surface area contributed by atoms with E-state index in [4.69, 9.17) is 4.74 Å². The average molecular weight is 566 g/mol. The molecule has 0 spiro atoms. The van der Waals surface area contributed by atoms with E-state index >= 15 is 0 Å². The summed E-state index contributed by atoms with van der Waals surface area (Å²) in [5.41, 5.74) is 3.80. The number of hydrogen-bond donors (Lipinski definition) is 1. The Hall–Kier alpha value is -3.85. The molecule has 0 aliphatic rings. The van der Waals surface area contributed by atoms with Crippen molar-refractivity contribution < 1.29 is 22.7 Å². The van der Waals surface area contributed by atoms with Crippen molar-refractivity contribution in [3.05, 3.63) is 89.0 Å². The van der Waals surface area contributed by atoms with Gasteiger partial charge in [-0.05, 0) is 75.1 Å². The zero-order chi connectivity index (χ0) is 29.4. The van der Waals surface area contributed by atoms with Gasteiger partial charge < -0.3 is 15.0 Å². The predicted octanol–water partition coefficient (Wildman–Crippen LogP) is 4.76. The van der Waals surface area contributed by atoms with E-state index in [0.717, 1.165) is 26.6 Å². The lowest BCUT2D eigenvalue weighted by Crippen LogP contribution is -2.52. The molecule has 0 radical (unpaired) electrons. The van der Waals surface area contributed by atoms with Crippen LogP contribution in [-0.4, -0.2) is 51.4 Å². The molecule has 3 rings (SSSR count). The summed E-state index contributed by atoms with van der Waals surface area (Å²) in [6.07, 6.45) is 0.363. The van der Waals surface area contributed by atoms with Crippen molar-refractivity contribution in [3.63, 3.8) is 0 Å². The van der Waals surface area contributed by atoms with Gasteiger partial charge in [-0.3, -0.25) is 13.9 Å². The van der Waals surface area contributed by atoms with Crippen LogP contribution in [0.4, 0.5) is 5.69 Å². The minimum atomic E-state index is -4.19. The van der Waals surface area contributed by atoms with Crippen LogP contribution in [0.15, 0.2) is 71.6 Å². The number of likely N-dealkylation sites (N-methyl/N-ethyl adjacent to an activating group) is 1. The Bertz CT molecular complexity index is 1440. The number of ether oxygens (including phenoxy) is 1. The molecular weight excluding hydrogens is 526 g/mol. The zero-order valence-corrected chi connectivity index (χ0v) is 24.9. The Morgan fingerprint density at radius 3 is 2.17 bits per heavy atom. The summed E-state index contributed by atoms with van der Waals surface area (Å²) in [5, 5.41) is 2.82. The molecule has 8 nitrogen and oxygen atoms in total. The minimum Gasteiger partial charge on any atom is -0.495 e. The second-order valence-corrected chi connectivity index (χ2v) is 11.6. The molecule has 0 fully saturated rings. The normalized spacial score (nSPS) is 11.9. The second-order valence-electron chi connectivity index (χ2n) is 9.77. The van der Waals surface area contributed by atoms with Crippen molar-refractivity contribution in [1.82, 2.24) is 10.2 Å². The summed E-state index contributed by atoms with van der Waals surface area (Å²) < 4.78 is 34.8. The fraction of sp³-hybridized carbons (Fsp3) is 0.355. The molecular formula is C31H39N3O5S. The summed E-state index contributed by atoms with van der Waals surface area (Å²) in [6, 6.07) is 18.5. The predicted molar refractivity (Wildman–Crippen MR) is 158 cm³/mol. The molecule has 0 heterocycles. The maximum absolute atomic E-state index is 14.2. The summed E-state index contributed by atoms with van der Waals surface area (Å²) in [7, 11) is -2.73. The van der Waals surface area contributed by atoms with Crippen molar-refractivity contribution in [2.45, 2.75) is 58.5 Å². The van der Waals surface area contributed by atoms with E-state index < -0.39 is 28.5 Å². The molecule has 3 aromatic rings. The number of hydrogen-bond acceptors (Lipinski definition) is 5. The van der Waals surface area contributed by atoms with Gasteiger partial charge >= 0.3 is 0 Å². The van der Waals surface area contributed by atoms with Gasteiger partial charge in [0.2, 0.25) is 11.8 Å². The van der Waals surface area contributed by atoms with Crippen LogP contribution in [0.2, 0.25) is 0 Å². The highest BCUT2D eigenvalue weighted by Crippen LogP contribution is 2.34. The van der Waals surface area contributed by atoms with Crippen LogP contribution in [0.5, 0.6) is 5.75 Å². The number of methoxy groups -OCH3 is 1. The molecule has 3 aromatic carbocycles. The Kier molecular flexibility index (Phi) is 10.3. The molecule has 1 atom stereocenters. The molecule has 0 aliphatic carbocycles. The third-order valence-electron chi connectivity index (χ3n) is 6.83. The molecule has 0 saturated heterocycles. The van der Waals surface area contributed by atoms with Crippen molar-refractivity contribution in [2.75, 3.05) is 24.5 Å². The lowest BCUT2D eigenvalue weighted by atomic mass is 10.1. The quantitative estimate of drug-likeness (QED) is 0.342. The Labute approximate surface area is 238 Å². The van der Waals surface area contributed by atoms with E-state index in [2.05, 4.69) is 5.32 Å². The number of aryl methyl sites for hydroxylation is 3. The Balaban J connectivity index is 2.14. The zero-order valence-electron chi connectivity index (χ0n) is 24.1. The summed E-state index contributed by atoms with van der Waals surface area (Å²) in [6.45, 7) is 9.36. The fourth-order valence-electron chi connectivity index (χ4n) is 4.53. The van der Waals surface area contributed by atoms with Crippen LogP contribution < -0.4 is 14.4 Å². The number of sulfonamides is 1. The average Bonchev–Trinajstić information content (AvgIpc) is 2.92. The van der Waals surface area contributed by atoms with Gasteiger partial charge in [0, 0.05) is 13.1 Å². The van der Waals surface area contributed by atoms with Gasteiger partial charge in [-0.2, -0.15) is 0 Å². The number of anilines is 1. The van der Waals surface area contributed by atoms with E-state index in [-0.39, 0.29) is 23.0 Å². The molecule has 0 bridgehead atoms. The molecule has 1 N–H and O–H groups in total. The first-order chi connectivity index (χ1) is 19.0. The number of benzene rings is 3. The van der Waals surface area contributed by atoms with Gasteiger partial charge in [0.05, 0.1) is 17.7 Å². The van der Waals surface area contributed by atoms with Gasteiger partial charge in [-0.15, -0.1) is 0 Å². The first kappa shape index (κ1) is 30.7. The van der Waals surface area contributed by atoms with Gasteiger partial charge in [0.25, 0.3) is 10.0 Å². The van der Waals surface area contributed by atoms with Crippen molar-refractivity contribution in [2.24, 2.45) is 0 Å². The van der Waals surface area contributed by atoms with Crippen LogP contribution in [-0.2, 0) is 26.2 Å². The number of carbonyl (C=O) groups is 2.